The second-order valence-corrected chi connectivity index (χ2v) is 5.42. The average molecular weight is 358 g/mol. The van der Waals surface area contributed by atoms with Crippen molar-refractivity contribution >= 4 is 29.2 Å². The number of benzene rings is 2. The van der Waals surface area contributed by atoms with E-state index in [4.69, 9.17) is 26.2 Å². The number of aromatic carboxylic acids is 1. The minimum Gasteiger partial charge on any atom is -0.493 e. The third-order valence-corrected chi connectivity index (χ3v) is 3.77. The molecule has 0 heterocycles. The van der Waals surface area contributed by atoms with Crippen LogP contribution >= 0.6 is 11.6 Å². The Kier molecular flexibility index (Phi) is 6.04. The molecule has 2 aromatic carbocycles. The number of methoxy groups -OCH3 is 1. The van der Waals surface area contributed by atoms with Crippen molar-refractivity contribution < 1.29 is 19.4 Å². The monoisotopic (exact) mass is 357 g/mol. The van der Waals surface area contributed by atoms with Crippen molar-refractivity contribution in [1.82, 2.24) is 0 Å². The molecule has 5 nitrogen and oxygen atoms in total. The molecule has 0 aliphatic heterocycles. The molecule has 1 N–H and O–H groups in total. The van der Waals surface area contributed by atoms with E-state index in [2.05, 4.69) is 6.07 Å². The predicted octanol–water partition coefficient (Wildman–Crippen LogP) is 4.51. The van der Waals surface area contributed by atoms with Crippen LogP contribution in [-0.4, -0.2) is 24.8 Å². The number of carboxylic acid groups (broad SMARTS) is 1. The third kappa shape index (κ3) is 4.31. The van der Waals surface area contributed by atoms with E-state index in [9.17, 15) is 10.1 Å². The smallest absolute Gasteiger partial charge is 0.335 e. The Balaban J connectivity index is 2.45. The molecule has 0 saturated carbocycles. The number of rotatable bonds is 6. The van der Waals surface area contributed by atoms with Crippen LogP contribution in [-0.2, 0) is 0 Å². The van der Waals surface area contributed by atoms with E-state index in [0.29, 0.717) is 39.8 Å². The van der Waals surface area contributed by atoms with Crippen LogP contribution in [0.5, 0.6) is 11.5 Å². The van der Waals surface area contributed by atoms with E-state index in [1.807, 2.05) is 6.92 Å². The van der Waals surface area contributed by atoms with E-state index in [0.717, 1.165) is 0 Å². The first-order valence-corrected chi connectivity index (χ1v) is 7.83. The van der Waals surface area contributed by atoms with Crippen LogP contribution in [0.4, 0.5) is 0 Å². The molecular weight excluding hydrogens is 342 g/mol. The maximum Gasteiger partial charge on any atom is 0.335 e. The summed E-state index contributed by atoms with van der Waals surface area (Å²) in [7, 11) is 1.52. The molecule has 0 fully saturated rings. The highest BCUT2D eigenvalue weighted by Gasteiger charge is 2.11. The van der Waals surface area contributed by atoms with Gasteiger partial charge in [0.2, 0.25) is 0 Å². The van der Waals surface area contributed by atoms with Gasteiger partial charge in [-0.25, -0.2) is 4.79 Å². The summed E-state index contributed by atoms with van der Waals surface area (Å²) in [5.41, 5.74) is 1.70. The van der Waals surface area contributed by atoms with Crippen molar-refractivity contribution in [3.05, 3.63) is 58.1 Å². The zero-order chi connectivity index (χ0) is 18.4. The molecule has 25 heavy (non-hydrogen) atoms. The van der Waals surface area contributed by atoms with Gasteiger partial charge >= 0.3 is 5.97 Å². The molecule has 2 aromatic rings. The summed E-state index contributed by atoms with van der Waals surface area (Å²) in [6.45, 7) is 2.33. The molecule has 128 valence electrons. The van der Waals surface area contributed by atoms with Gasteiger partial charge in [-0.05, 0) is 42.3 Å². The molecule has 0 aromatic heterocycles. The standard InChI is InChI=1S/C19H16ClNO4/c1-3-25-18-10-16(20)14(9-17(18)24-2)8-15(11-21)12-4-6-13(7-5-12)19(22)23/h4-10H,3H2,1-2H3,(H,22,23)/b15-8-. The second kappa shape index (κ2) is 8.22. The Labute approximate surface area is 150 Å². The van der Waals surface area contributed by atoms with Gasteiger partial charge in [-0.15, -0.1) is 0 Å². The van der Waals surface area contributed by atoms with Crippen LogP contribution < -0.4 is 9.47 Å². The van der Waals surface area contributed by atoms with Gasteiger partial charge in [-0.1, -0.05) is 23.7 Å². The van der Waals surface area contributed by atoms with E-state index in [1.54, 1.807) is 30.3 Å². The van der Waals surface area contributed by atoms with Gasteiger partial charge in [0.25, 0.3) is 0 Å². The molecule has 2 rings (SSSR count). The molecule has 0 aliphatic carbocycles. The number of carboxylic acids is 1. The highest BCUT2D eigenvalue weighted by atomic mass is 35.5. The number of nitriles is 1. The van der Waals surface area contributed by atoms with Crippen molar-refractivity contribution in [2.45, 2.75) is 6.92 Å². The Hall–Kier alpha value is -2.97. The van der Waals surface area contributed by atoms with Gasteiger partial charge in [-0.3, -0.25) is 0 Å². The Morgan fingerprint density at radius 2 is 1.88 bits per heavy atom. The van der Waals surface area contributed by atoms with E-state index < -0.39 is 5.97 Å². The van der Waals surface area contributed by atoms with Crippen molar-refractivity contribution in [2.75, 3.05) is 13.7 Å². The third-order valence-electron chi connectivity index (χ3n) is 3.45. The number of nitrogens with zero attached hydrogens (tertiary/aromatic N) is 1. The van der Waals surface area contributed by atoms with Gasteiger partial charge in [-0.2, -0.15) is 5.26 Å². The number of halogens is 1. The van der Waals surface area contributed by atoms with Crippen LogP contribution in [0.2, 0.25) is 5.02 Å². The van der Waals surface area contributed by atoms with Gasteiger partial charge in [0, 0.05) is 6.07 Å². The topological polar surface area (TPSA) is 79.5 Å². The maximum atomic E-state index is 10.9. The fraction of sp³-hybridized carbons (Fsp3) is 0.158. The number of hydrogen-bond donors (Lipinski definition) is 1. The molecule has 0 bridgehead atoms. The molecule has 0 unspecified atom stereocenters. The molecule has 0 aliphatic rings. The van der Waals surface area contributed by atoms with E-state index >= 15 is 0 Å². The first kappa shape index (κ1) is 18.4. The minimum atomic E-state index is -1.02. The van der Waals surface area contributed by atoms with Gasteiger partial charge in [0.15, 0.2) is 11.5 Å². The fourth-order valence-corrected chi connectivity index (χ4v) is 2.43. The Bertz CT molecular complexity index is 851. The second-order valence-electron chi connectivity index (χ2n) is 5.01. The van der Waals surface area contributed by atoms with Crippen molar-refractivity contribution in [3.63, 3.8) is 0 Å². The number of hydrogen-bond acceptors (Lipinski definition) is 4. The number of carbonyl (C=O) groups is 1. The first-order chi connectivity index (χ1) is 12.0. The molecule has 0 radical (unpaired) electrons. The molecule has 0 saturated heterocycles. The fourth-order valence-electron chi connectivity index (χ4n) is 2.22. The summed E-state index contributed by atoms with van der Waals surface area (Å²) < 4.78 is 10.8. The summed E-state index contributed by atoms with van der Waals surface area (Å²) in [5.74, 6) is 0.0146. The van der Waals surface area contributed by atoms with Crippen LogP contribution in [0.1, 0.15) is 28.4 Å². The van der Waals surface area contributed by atoms with Crippen LogP contribution in [0.25, 0.3) is 11.6 Å². The summed E-state index contributed by atoms with van der Waals surface area (Å²) in [6, 6.07) is 11.5. The molecule has 0 amide bonds. The molecular formula is C19H16ClNO4. The highest BCUT2D eigenvalue weighted by molar-refractivity contribution is 6.32. The Morgan fingerprint density at radius 1 is 1.24 bits per heavy atom. The van der Waals surface area contributed by atoms with Crippen molar-refractivity contribution in [1.29, 1.82) is 5.26 Å². The number of allylic oxidation sites excluding steroid dienone is 1. The summed E-state index contributed by atoms with van der Waals surface area (Å²) in [4.78, 5) is 10.9. The average Bonchev–Trinajstić information content (AvgIpc) is 2.61. The summed E-state index contributed by atoms with van der Waals surface area (Å²) in [5, 5.41) is 18.8. The summed E-state index contributed by atoms with van der Waals surface area (Å²) in [6.07, 6.45) is 1.62. The van der Waals surface area contributed by atoms with Crippen LogP contribution in [0.15, 0.2) is 36.4 Å². The lowest BCUT2D eigenvalue weighted by Gasteiger charge is -2.11. The lowest BCUT2D eigenvalue weighted by atomic mass is 10.0. The zero-order valence-electron chi connectivity index (χ0n) is 13.7. The lowest BCUT2D eigenvalue weighted by Crippen LogP contribution is -1.96. The van der Waals surface area contributed by atoms with Crippen molar-refractivity contribution in [2.24, 2.45) is 0 Å². The predicted molar refractivity (Wildman–Crippen MR) is 96.1 cm³/mol. The maximum absolute atomic E-state index is 10.9. The normalized spacial score (nSPS) is 10.9. The van der Waals surface area contributed by atoms with E-state index in [-0.39, 0.29) is 5.56 Å². The van der Waals surface area contributed by atoms with Crippen LogP contribution in [0, 0.1) is 11.3 Å². The van der Waals surface area contributed by atoms with E-state index in [1.165, 1.54) is 19.2 Å². The molecule has 0 atom stereocenters. The first-order valence-electron chi connectivity index (χ1n) is 7.46. The van der Waals surface area contributed by atoms with Crippen LogP contribution in [0.3, 0.4) is 0 Å². The Morgan fingerprint density at radius 3 is 2.40 bits per heavy atom. The number of ether oxygens (including phenoxy) is 2. The van der Waals surface area contributed by atoms with Crippen molar-refractivity contribution in [3.8, 4) is 17.6 Å². The van der Waals surface area contributed by atoms with Gasteiger partial charge in [0.1, 0.15) is 0 Å². The quantitative estimate of drug-likeness (QED) is 0.607. The highest BCUT2D eigenvalue weighted by Crippen LogP contribution is 2.35. The SMILES string of the molecule is CCOc1cc(Cl)c(/C=C(/C#N)c2ccc(C(=O)O)cc2)cc1OC. The molecule has 0 spiro atoms. The zero-order valence-corrected chi connectivity index (χ0v) is 14.5. The lowest BCUT2D eigenvalue weighted by molar-refractivity contribution is 0.0697. The minimum absolute atomic E-state index is 0.154. The van der Waals surface area contributed by atoms with Gasteiger partial charge in [0.05, 0.1) is 35.9 Å². The largest absolute Gasteiger partial charge is 0.493 e. The van der Waals surface area contributed by atoms with Gasteiger partial charge < -0.3 is 14.6 Å². The summed E-state index contributed by atoms with van der Waals surface area (Å²) >= 11 is 6.28. The molecule has 6 heteroatoms.